The number of benzene rings is 2. The highest BCUT2D eigenvalue weighted by molar-refractivity contribution is 6.42. The van der Waals surface area contributed by atoms with Gasteiger partial charge in [0.05, 0.1) is 35.2 Å². The molecule has 0 fully saturated rings. The predicted molar refractivity (Wildman–Crippen MR) is 123 cm³/mol. The summed E-state index contributed by atoms with van der Waals surface area (Å²) in [7, 11) is 1.60. The van der Waals surface area contributed by atoms with E-state index < -0.39 is 5.92 Å². The van der Waals surface area contributed by atoms with E-state index in [9.17, 15) is 10.1 Å². The molecular formula is C24H19Cl2N3O3. The number of nitriles is 1. The molecule has 0 radical (unpaired) electrons. The Balaban J connectivity index is 1.91. The van der Waals surface area contributed by atoms with Gasteiger partial charge in [-0.3, -0.25) is 4.79 Å². The summed E-state index contributed by atoms with van der Waals surface area (Å²) in [4.78, 5) is 13.7. The van der Waals surface area contributed by atoms with E-state index in [0.29, 0.717) is 34.1 Å². The third-order valence-electron chi connectivity index (χ3n) is 5.48. The van der Waals surface area contributed by atoms with Gasteiger partial charge in [-0.15, -0.1) is 0 Å². The fourth-order valence-corrected chi connectivity index (χ4v) is 4.27. The van der Waals surface area contributed by atoms with Gasteiger partial charge in [0.1, 0.15) is 23.1 Å². The number of halogens is 2. The Hall–Kier alpha value is -3.40. The molecular weight excluding hydrogens is 449 g/mol. The van der Waals surface area contributed by atoms with Gasteiger partial charge in [-0.1, -0.05) is 47.5 Å². The first kappa shape index (κ1) is 21.8. The molecule has 0 bridgehead atoms. The van der Waals surface area contributed by atoms with E-state index in [1.165, 1.54) is 0 Å². The van der Waals surface area contributed by atoms with E-state index in [2.05, 4.69) is 6.07 Å². The molecule has 1 aliphatic heterocycles. The third kappa shape index (κ3) is 3.70. The van der Waals surface area contributed by atoms with Gasteiger partial charge in [-0.05, 0) is 36.2 Å². The highest BCUT2D eigenvalue weighted by Crippen LogP contribution is 2.44. The summed E-state index contributed by atoms with van der Waals surface area (Å²) >= 11 is 12.7. The van der Waals surface area contributed by atoms with Gasteiger partial charge >= 0.3 is 0 Å². The van der Waals surface area contributed by atoms with Gasteiger partial charge < -0.3 is 19.8 Å². The number of fused-ring (bicyclic) bond motifs is 1. The van der Waals surface area contributed by atoms with Crippen molar-refractivity contribution >= 4 is 23.2 Å². The minimum atomic E-state index is -0.801. The summed E-state index contributed by atoms with van der Waals surface area (Å²) in [5, 5.41) is 10.4. The van der Waals surface area contributed by atoms with Gasteiger partial charge in [-0.25, -0.2) is 0 Å². The first-order valence-corrected chi connectivity index (χ1v) is 10.5. The summed E-state index contributed by atoms with van der Waals surface area (Å²) in [6, 6.07) is 16.4. The average Bonchev–Trinajstić information content (AvgIpc) is 2.78. The Bertz CT molecular complexity index is 1340. The number of ether oxygens (including phenoxy) is 2. The van der Waals surface area contributed by atoms with Crippen LogP contribution in [0, 0.1) is 18.3 Å². The van der Waals surface area contributed by atoms with E-state index in [4.69, 9.17) is 38.4 Å². The first-order chi connectivity index (χ1) is 15.3. The van der Waals surface area contributed by atoms with Gasteiger partial charge in [0.2, 0.25) is 5.88 Å². The van der Waals surface area contributed by atoms with Crippen LogP contribution in [-0.2, 0) is 6.54 Å². The number of hydrogen-bond acceptors (Lipinski definition) is 5. The summed E-state index contributed by atoms with van der Waals surface area (Å²) in [6.45, 7) is 2.15. The van der Waals surface area contributed by atoms with E-state index in [0.717, 1.165) is 11.3 Å². The zero-order valence-corrected chi connectivity index (χ0v) is 18.9. The number of methoxy groups -OCH3 is 1. The number of aryl methyl sites for hydroxylation is 1. The highest BCUT2D eigenvalue weighted by atomic mass is 35.5. The molecule has 0 saturated carbocycles. The van der Waals surface area contributed by atoms with Gasteiger partial charge in [-0.2, -0.15) is 5.26 Å². The molecule has 1 aliphatic rings. The van der Waals surface area contributed by atoms with Crippen LogP contribution >= 0.6 is 23.2 Å². The van der Waals surface area contributed by atoms with Crippen molar-refractivity contribution in [2.45, 2.75) is 19.4 Å². The maximum Gasteiger partial charge on any atom is 0.259 e. The Labute approximate surface area is 195 Å². The Morgan fingerprint density at radius 3 is 2.59 bits per heavy atom. The monoisotopic (exact) mass is 467 g/mol. The molecule has 0 unspecified atom stereocenters. The smallest absolute Gasteiger partial charge is 0.259 e. The van der Waals surface area contributed by atoms with Crippen LogP contribution in [0.4, 0.5) is 0 Å². The van der Waals surface area contributed by atoms with E-state index in [1.54, 1.807) is 35.9 Å². The second-order valence-corrected chi connectivity index (χ2v) is 8.16. The second kappa shape index (κ2) is 8.62. The van der Waals surface area contributed by atoms with Crippen molar-refractivity contribution < 1.29 is 9.47 Å². The number of rotatable bonds is 4. The van der Waals surface area contributed by atoms with Crippen molar-refractivity contribution in [1.82, 2.24) is 4.57 Å². The van der Waals surface area contributed by atoms with Crippen LogP contribution in [0.25, 0.3) is 0 Å². The number of aromatic nitrogens is 1. The van der Waals surface area contributed by atoms with Crippen LogP contribution in [-0.4, -0.2) is 11.7 Å². The predicted octanol–water partition coefficient (Wildman–Crippen LogP) is 4.74. The van der Waals surface area contributed by atoms with Crippen LogP contribution in [0.15, 0.2) is 64.8 Å². The lowest BCUT2D eigenvalue weighted by molar-refractivity contribution is 0.389. The van der Waals surface area contributed by atoms with Crippen molar-refractivity contribution in [3.63, 3.8) is 0 Å². The quantitative estimate of drug-likeness (QED) is 0.598. The van der Waals surface area contributed by atoms with Crippen molar-refractivity contribution in [3.8, 4) is 17.6 Å². The van der Waals surface area contributed by atoms with Crippen molar-refractivity contribution in [1.29, 1.82) is 5.26 Å². The highest BCUT2D eigenvalue weighted by Gasteiger charge is 2.35. The number of hydrogen-bond donors (Lipinski definition) is 1. The van der Waals surface area contributed by atoms with Gasteiger partial charge in [0.25, 0.3) is 5.56 Å². The van der Waals surface area contributed by atoms with Crippen LogP contribution < -0.4 is 20.8 Å². The lowest BCUT2D eigenvalue weighted by atomic mass is 9.84. The molecule has 6 nitrogen and oxygen atoms in total. The van der Waals surface area contributed by atoms with E-state index in [1.807, 2.05) is 31.2 Å². The van der Waals surface area contributed by atoms with Gasteiger partial charge in [0, 0.05) is 11.8 Å². The zero-order chi connectivity index (χ0) is 23.0. The second-order valence-electron chi connectivity index (χ2n) is 7.37. The Morgan fingerprint density at radius 2 is 1.94 bits per heavy atom. The summed E-state index contributed by atoms with van der Waals surface area (Å²) < 4.78 is 12.5. The summed E-state index contributed by atoms with van der Waals surface area (Å²) in [5.41, 5.74) is 8.27. The van der Waals surface area contributed by atoms with Crippen molar-refractivity contribution in [2.24, 2.45) is 5.73 Å². The summed E-state index contributed by atoms with van der Waals surface area (Å²) in [5.74, 6) is 0.167. The first-order valence-electron chi connectivity index (χ1n) is 9.74. The summed E-state index contributed by atoms with van der Waals surface area (Å²) in [6.07, 6.45) is 0. The molecule has 0 spiro atoms. The SMILES string of the molecule is COc1ccc(Cn2c(C)cc3c(c2=O)[C@H](c2cccc(Cl)c2Cl)C(C#N)=C(N)O3)cc1. The third-order valence-corrected chi connectivity index (χ3v) is 6.32. The molecule has 4 rings (SSSR count). The van der Waals surface area contributed by atoms with Crippen LogP contribution in [0.3, 0.4) is 0 Å². The number of allylic oxidation sites excluding steroid dienone is 1. The van der Waals surface area contributed by atoms with Crippen LogP contribution in [0.1, 0.15) is 28.3 Å². The fourth-order valence-electron chi connectivity index (χ4n) is 3.85. The van der Waals surface area contributed by atoms with Crippen LogP contribution in [0.5, 0.6) is 11.5 Å². The minimum absolute atomic E-state index is 0.0623. The molecule has 2 heterocycles. The van der Waals surface area contributed by atoms with Crippen molar-refractivity contribution in [2.75, 3.05) is 7.11 Å². The molecule has 162 valence electrons. The van der Waals surface area contributed by atoms with Gasteiger partial charge in [0.15, 0.2) is 0 Å². The molecule has 2 aromatic carbocycles. The number of pyridine rings is 1. The Morgan fingerprint density at radius 1 is 1.22 bits per heavy atom. The molecule has 32 heavy (non-hydrogen) atoms. The molecule has 0 aliphatic carbocycles. The largest absolute Gasteiger partial charge is 0.497 e. The number of nitrogens with zero attached hydrogens (tertiary/aromatic N) is 2. The van der Waals surface area contributed by atoms with E-state index in [-0.39, 0.29) is 22.0 Å². The van der Waals surface area contributed by atoms with E-state index >= 15 is 0 Å². The lowest BCUT2D eigenvalue weighted by Crippen LogP contribution is -2.33. The molecule has 0 saturated heterocycles. The molecule has 0 amide bonds. The zero-order valence-electron chi connectivity index (χ0n) is 17.4. The average molecular weight is 468 g/mol. The molecule has 1 atom stereocenters. The van der Waals surface area contributed by atoms with Crippen LogP contribution in [0.2, 0.25) is 10.0 Å². The maximum atomic E-state index is 13.7. The minimum Gasteiger partial charge on any atom is -0.497 e. The maximum absolute atomic E-state index is 13.7. The number of nitrogens with two attached hydrogens (primary N) is 1. The molecule has 3 aromatic rings. The molecule has 1 aromatic heterocycles. The lowest BCUT2D eigenvalue weighted by Gasteiger charge is -2.28. The normalized spacial score (nSPS) is 15.0. The standard InChI is InChI=1S/C24H19Cl2N3O3/c1-13-10-19-21(24(30)29(13)12-14-6-8-15(31-2)9-7-14)20(17(11-27)23(28)32-19)16-4-3-5-18(25)22(16)26/h3-10,20H,12,28H2,1-2H3/t20-/m1/s1. The Kier molecular flexibility index (Phi) is 5.88. The topological polar surface area (TPSA) is 90.3 Å². The fraction of sp³-hybridized carbons (Fsp3) is 0.167. The molecule has 2 N–H and O–H groups in total. The van der Waals surface area contributed by atoms with Crippen molar-refractivity contribution in [3.05, 3.63) is 103 Å². The molecule has 8 heteroatoms.